The van der Waals surface area contributed by atoms with E-state index in [0.717, 1.165) is 22.4 Å². The van der Waals surface area contributed by atoms with Gasteiger partial charge in [-0.3, -0.25) is 9.80 Å². The first kappa shape index (κ1) is 17.7. The smallest absolute Gasteiger partial charge is 0.255 e. The molecule has 2 aromatic carbocycles. The second-order valence-electron chi connectivity index (χ2n) is 6.77. The summed E-state index contributed by atoms with van der Waals surface area (Å²) < 4.78 is 0. The quantitative estimate of drug-likeness (QED) is 0.790. The molecule has 0 saturated heterocycles. The molecule has 0 unspecified atom stereocenters. The van der Waals surface area contributed by atoms with E-state index in [9.17, 15) is 4.79 Å². The highest BCUT2D eigenvalue weighted by atomic mass is 32.2. The fraction of sp³-hybridized carbons (Fsp3) is 0.238. The number of hydrogen-bond donors (Lipinski definition) is 2. The number of thioether (sulfide) groups is 1. The van der Waals surface area contributed by atoms with Gasteiger partial charge in [-0.2, -0.15) is 0 Å². The zero-order valence-corrected chi connectivity index (χ0v) is 16.2. The molecule has 2 aromatic rings. The molecule has 0 aromatic heterocycles. The number of amidine groups is 1. The Labute approximate surface area is 163 Å². The van der Waals surface area contributed by atoms with Crippen molar-refractivity contribution in [2.24, 2.45) is 5.10 Å². The van der Waals surface area contributed by atoms with E-state index >= 15 is 0 Å². The third-order valence-electron chi connectivity index (χ3n) is 4.83. The molecule has 0 spiro atoms. The monoisotopic (exact) mass is 378 g/mol. The Morgan fingerprint density at radius 1 is 1.22 bits per heavy atom. The van der Waals surface area contributed by atoms with Crippen LogP contribution >= 0.6 is 11.8 Å². The van der Waals surface area contributed by atoms with Gasteiger partial charge in [0.05, 0.1) is 0 Å². The van der Waals surface area contributed by atoms with Crippen molar-refractivity contribution in [2.45, 2.75) is 26.1 Å². The summed E-state index contributed by atoms with van der Waals surface area (Å²) in [7, 11) is 0. The summed E-state index contributed by atoms with van der Waals surface area (Å²) in [4.78, 5) is 13.0. The van der Waals surface area contributed by atoms with Gasteiger partial charge in [-0.15, -0.1) is 11.7 Å². The molecule has 6 heteroatoms. The van der Waals surface area contributed by atoms with Crippen molar-refractivity contribution in [2.75, 3.05) is 11.1 Å². The normalized spacial score (nSPS) is 20.7. The third-order valence-corrected chi connectivity index (χ3v) is 5.69. The highest BCUT2D eigenvalue weighted by molar-refractivity contribution is 8.14. The summed E-state index contributed by atoms with van der Waals surface area (Å²) in [6, 6.07) is 13.9. The maximum atomic E-state index is 13.0. The Morgan fingerprint density at radius 3 is 2.85 bits per heavy atom. The minimum Gasteiger partial charge on any atom is -0.360 e. The zero-order chi connectivity index (χ0) is 19.0. The summed E-state index contributed by atoms with van der Waals surface area (Å²) in [5, 5.41) is 13.8. The molecule has 2 heterocycles. The van der Waals surface area contributed by atoms with E-state index in [1.165, 1.54) is 17.3 Å². The van der Waals surface area contributed by atoms with Gasteiger partial charge >= 0.3 is 0 Å². The van der Waals surface area contributed by atoms with Crippen molar-refractivity contribution >= 4 is 28.5 Å². The zero-order valence-electron chi connectivity index (χ0n) is 15.4. The Kier molecular flexibility index (Phi) is 4.66. The van der Waals surface area contributed by atoms with Gasteiger partial charge in [-0.25, -0.2) is 0 Å². The maximum absolute atomic E-state index is 13.0. The first-order valence-electron chi connectivity index (χ1n) is 8.92. The van der Waals surface area contributed by atoms with Gasteiger partial charge in [-0.1, -0.05) is 59.8 Å². The standard InChI is InChI=1S/C21H22N4OS/c1-4-11-27-21-23-20(26)18-15-7-5-6-8-17(15)22-19(25(18)24-21)16-12-13(2)9-10-14(16)3/h4-10,12,18-19,22H,1,11H2,2-3H3,(H,23,24,26)/t18-,19+/m1/s1. The topological polar surface area (TPSA) is 56.7 Å². The fourth-order valence-corrected chi connectivity index (χ4v) is 4.13. The predicted molar refractivity (Wildman–Crippen MR) is 112 cm³/mol. The molecule has 0 bridgehead atoms. The van der Waals surface area contributed by atoms with Gasteiger partial charge in [-0.05, 0) is 31.0 Å². The summed E-state index contributed by atoms with van der Waals surface area (Å²) in [5.41, 5.74) is 5.38. The Hall–Kier alpha value is -2.73. The Morgan fingerprint density at radius 2 is 2.04 bits per heavy atom. The molecular weight excluding hydrogens is 356 g/mol. The Balaban J connectivity index is 1.84. The molecule has 2 N–H and O–H groups in total. The van der Waals surface area contributed by atoms with Gasteiger partial charge < -0.3 is 10.6 Å². The largest absolute Gasteiger partial charge is 0.360 e. The van der Waals surface area contributed by atoms with Crippen LogP contribution in [0, 0.1) is 13.8 Å². The molecule has 0 fully saturated rings. The van der Waals surface area contributed by atoms with Crippen LogP contribution in [0.4, 0.5) is 5.69 Å². The van der Waals surface area contributed by atoms with Crippen LogP contribution in [0.5, 0.6) is 0 Å². The van der Waals surface area contributed by atoms with Crippen LogP contribution in [0.2, 0.25) is 0 Å². The summed E-state index contributed by atoms with van der Waals surface area (Å²) in [5.74, 6) is 0.635. The third kappa shape index (κ3) is 3.21. The molecule has 4 rings (SSSR count). The molecule has 0 aliphatic carbocycles. The molecule has 27 heavy (non-hydrogen) atoms. The molecule has 0 radical (unpaired) electrons. The number of nitrogens with zero attached hydrogens (tertiary/aromatic N) is 2. The number of hydrogen-bond acceptors (Lipinski definition) is 5. The molecule has 2 aliphatic rings. The molecule has 138 valence electrons. The van der Waals surface area contributed by atoms with Crippen molar-refractivity contribution in [1.29, 1.82) is 0 Å². The number of carbonyl (C=O) groups is 1. The molecular formula is C21H22N4OS. The van der Waals surface area contributed by atoms with E-state index in [-0.39, 0.29) is 12.1 Å². The number of aryl methyl sites for hydroxylation is 2. The number of anilines is 1. The van der Waals surface area contributed by atoms with Gasteiger partial charge in [0.25, 0.3) is 5.91 Å². The second kappa shape index (κ2) is 7.12. The van der Waals surface area contributed by atoms with E-state index in [4.69, 9.17) is 5.10 Å². The number of amides is 1. The number of fused-ring (bicyclic) bond motifs is 3. The molecule has 2 atom stereocenters. The number of para-hydroxylation sites is 1. The molecule has 5 nitrogen and oxygen atoms in total. The first-order valence-corrected chi connectivity index (χ1v) is 9.91. The predicted octanol–water partition coefficient (Wildman–Crippen LogP) is 4.09. The molecule has 1 amide bonds. The molecule has 2 aliphatic heterocycles. The van der Waals surface area contributed by atoms with E-state index in [0.29, 0.717) is 10.9 Å². The van der Waals surface area contributed by atoms with Crippen LogP contribution in [0.1, 0.15) is 34.5 Å². The summed E-state index contributed by atoms with van der Waals surface area (Å²) >= 11 is 1.47. The number of hydrazone groups is 1. The lowest BCUT2D eigenvalue weighted by Crippen LogP contribution is -2.51. The van der Waals surface area contributed by atoms with Crippen molar-refractivity contribution in [1.82, 2.24) is 10.3 Å². The lowest BCUT2D eigenvalue weighted by molar-refractivity contribution is -0.127. The van der Waals surface area contributed by atoms with Crippen molar-refractivity contribution in [3.8, 4) is 0 Å². The SMILES string of the molecule is C=CCSC1=NN2[C@@H](c3cc(C)ccc3C)Nc3ccccc3[C@@H]2C(=O)N1. The van der Waals surface area contributed by atoms with E-state index in [2.05, 4.69) is 49.3 Å². The van der Waals surface area contributed by atoms with Crippen LogP contribution in [0.3, 0.4) is 0 Å². The van der Waals surface area contributed by atoms with Gasteiger partial charge in [0.15, 0.2) is 11.2 Å². The average molecular weight is 379 g/mol. The first-order chi connectivity index (χ1) is 13.1. The number of rotatable bonds is 3. The minimum absolute atomic E-state index is 0.0548. The van der Waals surface area contributed by atoms with Gasteiger partial charge in [0.2, 0.25) is 0 Å². The van der Waals surface area contributed by atoms with Crippen LogP contribution in [-0.2, 0) is 4.79 Å². The minimum atomic E-state index is -0.458. The lowest BCUT2D eigenvalue weighted by atomic mass is 9.95. The highest BCUT2D eigenvalue weighted by Gasteiger charge is 2.42. The maximum Gasteiger partial charge on any atom is 0.255 e. The van der Waals surface area contributed by atoms with Crippen LogP contribution in [0.25, 0.3) is 0 Å². The fourth-order valence-electron chi connectivity index (χ4n) is 3.53. The second-order valence-corrected chi connectivity index (χ2v) is 7.78. The van der Waals surface area contributed by atoms with Crippen molar-refractivity contribution in [3.63, 3.8) is 0 Å². The summed E-state index contributed by atoms with van der Waals surface area (Å²) in [6.45, 7) is 7.91. The molecule has 0 saturated carbocycles. The number of benzene rings is 2. The van der Waals surface area contributed by atoms with Gasteiger partial charge in [0, 0.05) is 17.0 Å². The summed E-state index contributed by atoms with van der Waals surface area (Å²) in [6.07, 6.45) is 1.59. The lowest BCUT2D eigenvalue weighted by Gasteiger charge is -2.44. The van der Waals surface area contributed by atoms with E-state index in [1.807, 2.05) is 29.3 Å². The van der Waals surface area contributed by atoms with Crippen molar-refractivity contribution < 1.29 is 4.79 Å². The highest BCUT2D eigenvalue weighted by Crippen LogP contribution is 2.43. The van der Waals surface area contributed by atoms with Gasteiger partial charge in [0.1, 0.15) is 6.17 Å². The van der Waals surface area contributed by atoms with E-state index in [1.54, 1.807) is 6.08 Å². The number of carbonyl (C=O) groups excluding carboxylic acids is 1. The van der Waals surface area contributed by atoms with Crippen LogP contribution < -0.4 is 10.6 Å². The number of nitrogens with one attached hydrogen (secondary N) is 2. The Bertz CT molecular complexity index is 940. The van der Waals surface area contributed by atoms with E-state index < -0.39 is 6.04 Å². The average Bonchev–Trinajstić information content (AvgIpc) is 2.67. The van der Waals surface area contributed by atoms with Crippen molar-refractivity contribution in [3.05, 3.63) is 77.4 Å². The van der Waals surface area contributed by atoms with Crippen LogP contribution in [0.15, 0.2) is 60.2 Å². The van der Waals surface area contributed by atoms with Crippen LogP contribution in [-0.4, -0.2) is 21.8 Å².